The Bertz CT molecular complexity index is 250. The highest BCUT2D eigenvalue weighted by Crippen LogP contribution is 2.31. The topological polar surface area (TPSA) is 34.1 Å². The van der Waals surface area contributed by atoms with Gasteiger partial charge in [0.1, 0.15) is 11.4 Å². The van der Waals surface area contributed by atoms with Crippen LogP contribution in [0.5, 0.6) is 0 Å². The lowest BCUT2D eigenvalue weighted by Gasteiger charge is -2.28. The highest BCUT2D eigenvalue weighted by Gasteiger charge is 2.45. The van der Waals surface area contributed by atoms with Crippen LogP contribution < -0.4 is 0 Å². The molecule has 0 fully saturated rings. The molecule has 0 aliphatic carbocycles. The maximum absolute atomic E-state index is 13.1. The van der Waals surface area contributed by atoms with Gasteiger partial charge in [-0.05, 0) is 20.8 Å². The fourth-order valence-electron chi connectivity index (χ4n) is 0.495. The molecule has 0 bridgehead atoms. The van der Waals surface area contributed by atoms with E-state index in [0.717, 1.165) is 13.8 Å². The van der Waals surface area contributed by atoms with E-state index in [1.165, 1.54) is 0 Å². The van der Waals surface area contributed by atoms with Crippen molar-refractivity contribution in [3.63, 3.8) is 0 Å². The smallest absolute Gasteiger partial charge is 0.241 e. The molecule has 1 unspecified atom stereocenters. The number of rotatable bonds is 3. The Kier molecular flexibility index (Phi) is 2.84. The highest BCUT2D eigenvalue weighted by molar-refractivity contribution is 7.86. The zero-order valence-corrected chi connectivity index (χ0v) is 7.88. The molecule has 12 heavy (non-hydrogen) atoms. The molecular formula is C6H11F3O2S. The first kappa shape index (κ1) is 11.7. The molecular weight excluding hydrogens is 193 g/mol. The van der Waals surface area contributed by atoms with Crippen molar-refractivity contribution in [3.8, 4) is 0 Å². The molecule has 0 aromatic carbocycles. The van der Waals surface area contributed by atoms with E-state index in [4.69, 9.17) is 0 Å². The first-order chi connectivity index (χ1) is 4.96. The number of halogens is 3. The summed E-state index contributed by atoms with van der Waals surface area (Å²) in [6, 6.07) is 0. The third-order valence-electron chi connectivity index (χ3n) is 1.68. The first-order valence-electron chi connectivity index (χ1n) is 3.26. The van der Waals surface area contributed by atoms with Crippen LogP contribution in [0.4, 0.5) is 12.7 Å². The van der Waals surface area contributed by atoms with Crippen LogP contribution >= 0.6 is 0 Å². The third kappa shape index (κ3) is 3.42. The number of hydrogen-bond donors (Lipinski definition) is 0. The van der Waals surface area contributed by atoms with Gasteiger partial charge in [-0.2, -0.15) is 8.42 Å². The van der Waals surface area contributed by atoms with E-state index >= 15 is 0 Å². The molecule has 0 radical (unpaired) electrons. The van der Waals surface area contributed by atoms with Crippen LogP contribution in [0.1, 0.15) is 20.8 Å². The highest BCUT2D eigenvalue weighted by atomic mass is 32.3. The van der Waals surface area contributed by atoms with Gasteiger partial charge in [-0.25, -0.2) is 8.78 Å². The van der Waals surface area contributed by atoms with Crippen LogP contribution in [0.2, 0.25) is 0 Å². The molecule has 0 N–H and O–H groups in total. The minimum atomic E-state index is -4.98. The van der Waals surface area contributed by atoms with Crippen LogP contribution in [-0.4, -0.2) is 25.5 Å². The lowest BCUT2D eigenvalue weighted by Crippen LogP contribution is -2.45. The molecule has 0 aliphatic rings. The van der Waals surface area contributed by atoms with Gasteiger partial charge >= 0.3 is 10.2 Å². The normalized spacial score (nSPS) is 18.8. The van der Waals surface area contributed by atoms with E-state index in [1.807, 2.05) is 0 Å². The maximum Gasteiger partial charge on any atom is 0.305 e. The molecule has 2 nitrogen and oxygen atoms in total. The Morgan fingerprint density at radius 3 is 1.58 bits per heavy atom. The molecule has 0 rings (SSSR count). The summed E-state index contributed by atoms with van der Waals surface area (Å²) in [4.78, 5) is 0. The van der Waals surface area contributed by atoms with Gasteiger partial charge in [0, 0.05) is 0 Å². The molecule has 0 amide bonds. The Hall–Kier alpha value is -0.260. The summed E-state index contributed by atoms with van der Waals surface area (Å²) >= 11 is 0. The molecule has 74 valence electrons. The average molecular weight is 204 g/mol. The zero-order valence-electron chi connectivity index (χ0n) is 7.07. The summed E-state index contributed by atoms with van der Waals surface area (Å²) in [5, 5.41) is 0. The molecule has 6 heteroatoms. The second-order valence-corrected chi connectivity index (χ2v) is 4.72. The summed E-state index contributed by atoms with van der Waals surface area (Å²) in [7, 11) is -4.98. The molecule has 0 saturated heterocycles. The van der Waals surface area contributed by atoms with Crippen molar-refractivity contribution in [2.24, 2.45) is 0 Å². The molecule has 0 aliphatic heterocycles. The van der Waals surface area contributed by atoms with Crippen molar-refractivity contribution in [2.45, 2.75) is 32.1 Å². The zero-order chi connectivity index (χ0) is 10.2. The summed E-state index contributed by atoms with van der Waals surface area (Å²) in [6.45, 7) is 2.43. The van der Waals surface area contributed by atoms with Gasteiger partial charge in [0.15, 0.2) is 5.67 Å². The predicted octanol–water partition coefficient (Wildman–Crippen LogP) is 1.76. The maximum atomic E-state index is 13.1. The Balaban J connectivity index is 4.67. The van der Waals surface area contributed by atoms with Crippen LogP contribution in [-0.2, 0) is 10.2 Å². The molecule has 0 aromatic rings. The van der Waals surface area contributed by atoms with Crippen molar-refractivity contribution in [2.75, 3.05) is 5.75 Å². The fourth-order valence-corrected chi connectivity index (χ4v) is 1.49. The summed E-state index contributed by atoms with van der Waals surface area (Å²) < 4.78 is 58.0. The van der Waals surface area contributed by atoms with Crippen molar-refractivity contribution < 1.29 is 21.1 Å². The average Bonchev–Trinajstić information content (AvgIpc) is 1.52. The van der Waals surface area contributed by atoms with Gasteiger partial charge < -0.3 is 0 Å². The van der Waals surface area contributed by atoms with E-state index < -0.39 is 27.3 Å². The van der Waals surface area contributed by atoms with Crippen molar-refractivity contribution in [1.29, 1.82) is 0 Å². The van der Waals surface area contributed by atoms with Gasteiger partial charge in [-0.1, -0.05) is 0 Å². The van der Waals surface area contributed by atoms with Crippen LogP contribution in [0.25, 0.3) is 0 Å². The second kappa shape index (κ2) is 2.90. The van der Waals surface area contributed by atoms with Crippen molar-refractivity contribution >= 4 is 10.2 Å². The SMILES string of the molecule is CC(C)(F)C(C)(F)CS(=O)(=O)F. The monoisotopic (exact) mass is 204 g/mol. The fraction of sp³-hybridized carbons (Fsp3) is 1.00. The quantitative estimate of drug-likeness (QED) is 0.656. The lowest BCUT2D eigenvalue weighted by molar-refractivity contribution is 0.0168. The van der Waals surface area contributed by atoms with Gasteiger partial charge in [0.25, 0.3) is 0 Å². The van der Waals surface area contributed by atoms with E-state index in [1.54, 1.807) is 0 Å². The van der Waals surface area contributed by atoms with Crippen molar-refractivity contribution in [1.82, 2.24) is 0 Å². The molecule has 0 spiro atoms. The van der Waals surface area contributed by atoms with E-state index in [0.29, 0.717) is 6.92 Å². The van der Waals surface area contributed by atoms with Crippen molar-refractivity contribution in [3.05, 3.63) is 0 Å². The molecule has 0 aromatic heterocycles. The van der Waals surface area contributed by atoms with Gasteiger partial charge in [-0.15, -0.1) is 3.89 Å². The Morgan fingerprint density at radius 2 is 1.50 bits per heavy atom. The van der Waals surface area contributed by atoms with E-state index in [2.05, 4.69) is 0 Å². The van der Waals surface area contributed by atoms with E-state index in [9.17, 15) is 21.1 Å². The van der Waals surface area contributed by atoms with Crippen LogP contribution in [0.15, 0.2) is 0 Å². The predicted molar refractivity (Wildman–Crippen MR) is 39.6 cm³/mol. The summed E-state index contributed by atoms with van der Waals surface area (Å²) in [5.74, 6) is -1.45. The minimum absolute atomic E-state index is 0.712. The largest absolute Gasteiger partial charge is 0.305 e. The lowest BCUT2D eigenvalue weighted by atomic mass is 9.93. The Morgan fingerprint density at radius 1 is 1.17 bits per heavy atom. The standard InChI is InChI=1S/C6H11F3O2S/c1-5(2,7)6(3,8)4-12(9,10)11/h4H2,1-3H3. The van der Waals surface area contributed by atoms with Gasteiger partial charge in [0.05, 0.1) is 0 Å². The minimum Gasteiger partial charge on any atom is -0.241 e. The number of alkyl halides is 2. The molecule has 0 saturated carbocycles. The Labute approximate surface area is 70.0 Å². The van der Waals surface area contributed by atoms with Gasteiger partial charge in [0.2, 0.25) is 0 Å². The number of hydrogen-bond acceptors (Lipinski definition) is 2. The first-order valence-corrected chi connectivity index (χ1v) is 4.81. The van der Waals surface area contributed by atoms with Crippen LogP contribution in [0.3, 0.4) is 0 Å². The molecule has 0 heterocycles. The van der Waals surface area contributed by atoms with Gasteiger partial charge in [-0.3, -0.25) is 0 Å². The third-order valence-corrected chi connectivity index (χ3v) is 2.57. The van der Waals surface area contributed by atoms with E-state index in [-0.39, 0.29) is 0 Å². The van der Waals surface area contributed by atoms with Crippen LogP contribution in [0, 0.1) is 0 Å². The molecule has 1 atom stereocenters. The summed E-state index contributed by atoms with van der Waals surface area (Å²) in [6.07, 6.45) is 0. The summed E-state index contributed by atoms with van der Waals surface area (Å²) in [5.41, 5.74) is -5.09. The second-order valence-electron chi connectivity index (χ2n) is 3.35.